The molecule has 1 N–H and O–H groups in total. The maximum absolute atomic E-state index is 12.5. The quantitative estimate of drug-likeness (QED) is 0.520. The van der Waals surface area contributed by atoms with E-state index in [-0.39, 0.29) is 5.91 Å². The van der Waals surface area contributed by atoms with Gasteiger partial charge >= 0.3 is 0 Å². The minimum absolute atomic E-state index is 0.122. The monoisotopic (exact) mass is 391 g/mol. The van der Waals surface area contributed by atoms with Gasteiger partial charge in [0.1, 0.15) is 5.01 Å². The van der Waals surface area contributed by atoms with Crippen molar-refractivity contribution >= 4 is 27.9 Å². The van der Waals surface area contributed by atoms with Gasteiger partial charge in [-0.15, -0.1) is 10.2 Å². The molecular weight excluding hydrogens is 370 g/mol. The van der Waals surface area contributed by atoms with E-state index in [4.69, 9.17) is 0 Å². The zero-order chi connectivity index (χ0) is 19.5. The normalized spacial score (nSPS) is 11.1. The van der Waals surface area contributed by atoms with Crippen LogP contribution in [0.3, 0.4) is 0 Å². The zero-order valence-corrected chi connectivity index (χ0v) is 16.7. The molecule has 2 heterocycles. The summed E-state index contributed by atoms with van der Waals surface area (Å²) in [6, 6.07) is 15.4. The van der Waals surface area contributed by atoms with Crippen LogP contribution in [-0.2, 0) is 12.8 Å². The van der Waals surface area contributed by atoms with Crippen LogP contribution in [0.2, 0.25) is 0 Å². The standard InChI is InChI=1S/C21H21N5OS/c1-3-6-18-23-24-21-26(18)25-20(28-21)16-7-5-8-17(13-16)22-19(27)15-11-9-14(4-2)10-12-15/h5,7-13H,3-4,6H2,1-2H3,(H,22,27). The van der Waals surface area contributed by atoms with Crippen molar-refractivity contribution in [3.63, 3.8) is 0 Å². The largest absolute Gasteiger partial charge is 0.322 e. The third-order valence-electron chi connectivity index (χ3n) is 4.52. The van der Waals surface area contributed by atoms with Gasteiger partial charge in [-0.1, -0.05) is 49.4 Å². The molecule has 0 aliphatic carbocycles. The Morgan fingerprint density at radius 2 is 1.93 bits per heavy atom. The number of carbonyl (C=O) groups is 1. The fraction of sp³-hybridized carbons (Fsp3) is 0.238. The van der Waals surface area contributed by atoms with Crippen molar-refractivity contribution in [2.45, 2.75) is 33.1 Å². The lowest BCUT2D eigenvalue weighted by Crippen LogP contribution is -2.11. The topological polar surface area (TPSA) is 72.2 Å². The van der Waals surface area contributed by atoms with Crippen LogP contribution < -0.4 is 5.32 Å². The Hall–Kier alpha value is -3.06. The molecule has 0 spiro atoms. The molecule has 0 atom stereocenters. The first kappa shape index (κ1) is 18.3. The van der Waals surface area contributed by atoms with Gasteiger partial charge in [0.05, 0.1) is 0 Å². The number of anilines is 1. The van der Waals surface area contributed by atoms with Gasteiger partial charge < -0.3 is 5.32 Å². The van der Waals surface area contributed by atoms with Crippen molar-refractivity contribution in [3.05, 3.63) is 65.5 Å². The van der Waals surface area contributed by atoms with E-state index in [1.807, 2.05) is 53.0 Å². The molecular formula is C21H21N5OS. The number of aromatic nitrogens is 4. The average Bonchev–Trinajstić information content (AvgIpc) is 3.30. The van der Waals surface area contributed by atoms with Gasteiger partial charge in [0.25, 0.3) is 5.91 Å². The van der Waals surface area contributed by atoms with E-state index in [1.165, 1.54) is 16.9 Å². The van der Waals surface area contributed by atoms with Crippen molar-refractivity contribution in [2.24, 2.45) is 0 Å². The minimum Gasteiger partial charge on any atom is -0.322 e. The average molecular weight is 392 g/mol. The van der Waals surface area contributed by atoms with Crippen LogP contribution in [0.5, 0.6) is 0 Å². The molecule has 0 aliphatic heterocycles. The van der Waals surface area contributed by atoms with Crippen molar-refractivity contribution in [1.82, 2.24) is 19.8 Å². The van der Waals surface area contributed by atoms with Gasteiger partial charge in [0.2, 0.25) is 4.96 Å². The number of fused-ring (bicyclic) bond motifs is 1. The van der Waals surface area contributed by atoms with Gasteiger partial charge in [-0.25, -0.2) is 0 Å². The molecule has 4 aromatic rings. The van der Waals surface area contributed by atoms with E-state index in [1.54, 1.807) is 0 Å². The van der Waals surface area contributed by atoms with Crippen LogP contribution >= 0.6 is 11.3 Å². The smallest absolute Gasteiger partial charge is 0.255 e. The second kappa shape index (κ2) is 7.90. The molecule has 7 heteroatoms. The minimum atomic E-state index is -0.122. The van der Waals surface area contributed by atoms with Gasteiger partial charge in [0, 0.05) is 23.2 Å². The van der Waals surface area contributed by atoms with Crippen molar-refractivity contribution in [3.8, 4) is 10.6 Å². The number of hydrogen-bond acceptors (Lipinski definition) is 5. The molecule has 4 rings (SSSR count). The van der Waals surface area contributed by atoms with Gasteiger partial charge in [-0.3, -0.25) is 4.79 Å². The first-order valence-electron chi connectivity index (χ1n) is 9.39. The van der Waals surface area contributed by atoms with E-state index in [9.17, 15) is 4.79 Å². The van der Waals surface area contributed by atoms with Gasteiger partial charge in [0.15, 0.2) is 5.82 Å². The van der Waals surface area contributed by atoms with Crippen molar-refractivity contribution < 1.29 is 4.79 Å². The highest BCUT2D eigenvalue weighted by molar-refractivity contribution is 7.19. The number of nitrogens with one attached hydrogen (secondary N) is 1. The number of nitrogens with zero attached hydrogens (tertiary/aromatic N) is 4. The predicted molar refractivity (Wildman–Crippen MR) is 112 cm³/mol. The molecule has 0 unspecified atom stereocenters. The Morgan fingerprint density at radius 3 is 2.68 bits per heavy atom. The molecule has 0 aliphatic rings. The molecule has 2 aromatic heterocycles. The molecule has 142 valence electrons. The summed E-state index contributed by atoms with van der Waals surface area (Å²) >= 11 is 1.49. The molecule has 0 bridgehead atoms. The van der Waals surface area contributed by atoms with Crippen LogP contribution in [0.15, 0.2) is 48.5 Å². The molecule has 0 saturated heterocycles. The number of carbonyl (C=O) groups excluding carboxylic acids is 1. The Kier molecular flexibility index (Phi) is 5.16. The van der Waals surface area contributed by atoms with Crippen LogP contribution in [0.1, 0.15) is 42.0 Å². The second-order valence-corrected chi connectivity index (χ2v) is 7.51. The highest BCUT2D eigenvalue weighted by Gasteiger charge is 2.13. The summed E-state index contributed by atoms with van der Waals surface area (Å²) in [5.41, 5.74) is 3.54. The third kappa shape index (κ3) is 3.66. The summed E-state index contributed by atoms with van der Waals surface area (Å²) < 4.78 is 1.81. The molecule has 0 radical (unpaired) electrons. The van der Waals surface area contributed by atoms with E-state index in [0.29, 0.717) is 5.56 Å². The van der Waals surface area contributed by atoms with Crippen LogP contribution in [-0.4, -0.2) is 25.7 Å². The van der Waals surface area contributed by atoms with E-state index < -0.39 is 0 Å². The molecule has 0 saturated carbocycles. The molecule has 28 heavy (non-hydrogen) atoms. The fourth-order valence-corrected chi connectivity index (χ4v) is 3.83. The number of rotatable bonds is 6. The second-order valence-electron chi connectivity index (χ2n) is 6.55. The van der Waals surface area contributed by atoms with Crippen LogP contribution in [0.25, 0.3) is 15.5 Å². The summed E-state index contributed by atoms with van der Waals surface area (Å²) in [6.45, 7) is 4.20. The van der Waals surface area contributed by atoms with Crippen molar-refractivity contribution in [1.29, 1.82) is 0 Å². The number of aryl methyl sites for hydroxylation is 2. The highest BCUT2D eigenvalue weighted by Crippen LogP contribution is 2.27. The van der Waals surface area contributed by atoms with Crippen LogP contribution in [0, 0.1) is 0 Å². The zero-order valence-electron chi connectivity index (χ0n) is 15.8. The molecule has 6 nitrogen and oxygen atoms in total. The van der Waals surface area contributed by atoms with Crippen LogP contribution in [0.4, 0.5) is 5.69 Å². The maximum Gasteiger partial charge on any atom is 0.255 e. The Bertz CT molecular complexity index is 1110. The third-order valence-corrected chi connectivity index (χ3v) is 5.47. The lowest BCUT2D eigenvalue weighted by molar-refractivity contribution is 0.102. The highest BCUT2D eigenvalue weighted by atomic mass is 32.1. The Morgan fingerprint density at radius 1 is 1.11 bits per heavy atom. The number of benzene rings is 2. The Balaban J connectivity index is 1.56. The first-order chi connectivity index (χ1) is 13.7. The van der Waals surface area contributed by atoms with Gasteiger partial charge in [-0.05, 0) is 42.7 Å². The maximum atomic E-state index is 12.5. The predicted octanol–water partition coefficient (Wildman–Crippen LogP) is 4.62. The lowest BCUT2D eigenvalue weighted by atomic mass is 10.1. The van der Waals surface area contributed by atoms with E-state index >= 15 is 0 Å². The van der Waals surface area contributed by atoms with Crippen molar-refractivity contribution in [2.75, 3.05) is 5.32 Å². The Labute approximate surface area is 167 Å². The SMILES string of the molecule is CCCc1nnc2sc(-c3cccc(NC(=O)c4ccc(CC)cc4)c3)nn12. The fourth-order valence-electron chi connectivity index (χ4n) is 2.98. The molecule has 1 amide bonds. The van der Waals surface area contributed by atoms with E-state index in [0.717, 1.165) is 46.3 Å². The molecule has 2 aromatic carbocycles. The number of amides is 1. The summed E-state index contributed by atoms with van der Waals surface area (Å²) in [5, 5.41) is 16.9. The van der Waals surface area contributed by atoms with Gasteiger partial charge in [-0.2, -0.15) is 9.61 Å². The summed E-state index contributed by atoms with van der Waals surface area (Å²) in [6.07, 6.45) is 2.79. The first-order valence-corrected chi connectivity index (χ1v) is 10.2. The molecule has 0 fully saturated rings. The summed E-state index contributed by atoms with van der Waals surface area (Å²) in [4.78, 5) is 13.3. The summed E-state index contributed by atoms with van der Waals surface area (Å²) in [5.74, 6) is 0.753. The van der Waals surface area contributed by atoms with E-state index in [2.05, 4.69) is 34.5 Å². The number of hydrogen-bond donors (Lipinski definition) is 1. The lowest BCUT2D eigenvalue weighted by Gasteiger charge is -2.07. The summed E-state index contributed by atoms with van der Waals surface area (Å²) in [7, 11) is 0.